The number of hydrogen-bond acceptors (Lipinski definition) is 6. The van der Waals surface area contributed by atoms with Gasteiger partial charge in [0.2, 0.25) is 5.91 Å². The smallest absolute Gasteiger partial charge is 0.253 e. The minimum atomic E-state index is -0.653. The molecule has 2 amide bonds. The zero-order chi connectivity index (χ0) is 21.1. The van der Waals surface area contributed by atoms with E-state index in [-0.39, 0.29) is 22.7 Å². The van der Waals surface area contributed by atoms with Crippen LogP contribution in [0.4, 0.5) is 10.2 Å². The highest BCUT2D eigenvalue weighted by Crippen LogP contribution is 2.33. The van der Waals surface area contributed by atoms with E-state index in [9.17, 15) is 14.0 Å². The second-order valence-electron chi connectivity index (χ2n) is 7.11. The number of nitrogens with zero attached hydrogens (tertiary/aromatic N) is 3. The van der Waals surface area contributed by atoms with Crippen LogP contribution in [0.15, 0.2) is 54.9 Å². The highest BCUT2D eigenvalue weighted by Gasteiger charge is 2.39. The van der Waals surface area contributed by atoms with Crippen LogP contribution in [0.3, 0.4) is 0 Å². The van der Waals surface area contributed by atoms with E-state index >= 15 is 0 Å². The zero-order valence-corrected chi connectivity index (χ0v) is 15.9. The lowest BCUT2D eigenvalue weighted by molar-refractivity contribution is 0.0858. The fourth-order valence-electron chi connectivity index (χ4n) is 3.27. The van der Waals surface area contributed by atoms with Crippen LogP contribution in [0, 0.1) is 5.82 Å². The average Bonchev–Trinajstić information content (AvgIpc) is 2.73. The van der Waals surface area contributed by atoms with Crippen molar-refractivity contribution in [1.82, 2.24) is 20.5 Å². The number of aromatic nitrogens is 3. The van der Waals surface area contributed by atoms with Gasteiger partial charge in [-0.2, -0.15) is 0 Å². The maximum absolute atomic E-state index is 14.2. The number of rotatable bonds is 6. The van der Waals surface area contributed by atoms with Gasteiger partial charge in [-0.1, -0.05) is 0 Å². The van der Waals surface area contributed by atoms with Crippen LogP contribution in [-0.4, -0.2) is 32.7 Å². The minimum absolute atomic E-state index is 0.134. The number of carbonyl (C=O) groups is 2. The number of halogens is 1. The molecule has 1 aromatic carbocycles. The molecular formula is C21H19FN6O2. The predicted molar refractivity (Wildman–Crippen MR) is 108 cm³/mol. The Labute approximate surface area is 171 Å². The fraction of sp³-hybridized carbons (Fsp3) is 0.190. The number of benzene rings is 1. The summed E-state index contributed by atoms with van der Waals surface area (Å²) in [5, 5.41) is 14.4. The highest BCUT2D eigenvalue weighted by atomic mass is 19.1. The summed E-state index contributed by atoms with van der Waals surface area (Å²) in [7, 11) is 0. The lowest BCUT2D eigenvalue weighted by Crippen LogP contribution is -2.59. The summed E-state index contributed by atoms with van der Waals surface area (Å²) in [4.78, 5) is 27.8. The van der Waals surface area contributed by atoms with Crippen molar-refractivity contribution in [3.63, 3.8) is 0 Å². The van der Waals surface area contributed by atoms with E-state index in [4.69, 9.17) is 5.73 Å². The van der Waals surface area contributed by atoms with Crippen molar-refractivity contribution in [3.8, 4) is 11.3 Å². The number of anilines is 1. The second kappa shape index (κ2) is 7.86. The molecule has 0 unspecified atom stereocenters. The van der Waals surface area contributed by atoms with Crippen molar-refractivity contribution in [1.29, 1.82) is 0 Å². The molecule has 0 spiro atoms. The minimum Gasteiger partial charge on any atom is -0.366 e. The van der Waals surface area contributed by atoms with Crippen LogP contribution < -0.4 is 16.4 Å². The Morgan fingerprint density at radius 3 is 2.37 bits per heavy atom. The van der Waals surface area contributed by atoms with Gasteiger partial charge in [0, 0.05) is 29.1 Å². The Hall–Kier alpha value is -3.88. The summed E-state index contributed by atoms with van der Waals surface area (Å²) >= 11 is 0. The fourth-order valence-corrected chi connectivity index (χ4v) is 3.27. The number of primary amides is 1. The quantitative estimate of drug-likeness (QED) is 0.541. The average molecular weight is 406 g/mol. The Bertz CT molecular complexity index is 1080. The van der Waals surface area contributed by atoms with Gasteiger partial charge in [0.25, 0.3) is 5.91 Å². The van der Waals surface area contributed by atoms with E-state index in [1.807, 2.05) is 0 Å². The van der Waals surface area contributed by atoms with E-state index < -0.39 is 17.4 Å². The SMILES string of the molecule is NC(=O)c1ccc(F)c(-c2ccc(NC3(NC(=O)c4ccncc4)CCC3)nn2)c1. The van der Waals surface area contributed by atoms with Crippen LogP contribution in [-0.2, 0) is 0 Å². The number of pyridine rings is 1. The van der Waals surface area contributed by atoms with Gasteiger partial charge in [-0.25, -0.2) is 4.39 Å². The Balaban J connectivity index is 1.51. The third-order valence-electron chi connectivity index (χ3n) is 5.06. The van der Waals surface area contributed by atoms with E-state index in [1.165, 1.54) is 18.2 Å². The molecule has 30 heavy (non-hydrogen) atoms. The number of hydrogen-bond donors (Lipinski definition) is 3. The first kappa shape index (κ1) is 19.4. The molecule has 0 aliphatic heterocycles. The molecule has 4 rings (SSSR count). The van der Waals surface area contributed by atoms with Crippen molar-refractivity contribution < 1.29 is 14.0 Å². The van der Waals surface area contributed by atoms with Crippen LogP contribution in [0.25, 0.3) is 11.3 Å². The van der Waals surface area contributed by atoms with Gasteiger partial charge >= 0.3 is 0 Å². The van der Waals surface area contributed by atoms with Crippen molar-refractivity contribution in [2.75, 3.05) is 5.32 Å². The Morgan fingerprint density at radius 1 is 1.00 bits per heavy atom. The molecule has 1 aliphatic rings. The van der Waals surface area contributed by atoms with Crippen molar-refractivity contribution >= 4 is 17.6 Å². The van der Waals surface area contributed by atoms with Gasteiger partial charge in [0.1, 0.15) is 17.3 Å². The molecule has 3 aromatic rings. The van der Waals surface area contributed by atoms with Gasteiger partial charge in [0.15, 0.2) is 0 Å². The summed E-state index contributed by atoms with van der Waals surface area (Å²) in [6.45, 7) is 0. The first-order chi connectivity index (χ1) is 14.5. The maximum atomic E-state index is 14.2. The molecular weight excluding hydrogens is 387 g/mol. The molecule has 1 aliphatic carbocycles. The molecule has 4 N–H and O–H groups in total. The number of carbonyl (C=O) groups excluding carboxylic acids is 2. The van der Waals surface area contributed by atoms with E-state index in [1.54, 1.807) is 36.7 Å². The second-order valence-corrected chi connectivity index (χ2v) is 7.11. The lowest BCUT2D eigenvalue weighted by Gasteiger charge is -2.43. The van der Waals surface area contributed by atoms with E-state index in [2.05, 4.69) is 25.8 Å². The first-order valence-corrected chi connectivity index (χ1v) is 9.40. The molecule has 0 saturated heterocycles. The zero-order valence-electron chi connectivity index (χ0n) is 15.9. The van der Waals surface area contributed by atoms with Crippen LogP contribution in [0.5, 0.6) is 0 Å². The normalized spacial score (nSPS) is 14.4. The molecule has 0 radical (unpaired) electrons. The molecule has 0 bridgehead atoms. The molecule has 2 heterocycles. The molecule has 152 valence electrons. The maximum Gasteiger partial charge on any atom is 0.253 e. The van der Waals surface area contributed by atoms with E-state index in [0.717, 1.165) is 19.3 Å². The lowest BCUT2D eigenvalue weighted by atomic mass is 9.84. The third kappa shape index (κ3) is 3.95. The number of amides is 2. The predicted octanol–water partition coefficient (Wildman–Crippen LogP) is 2.50. The van der Waals surface area contributed by atoms with E-state index in [0.29, 0.717) is 11.4 Å². The molecule has 8 nitrogen and oxygen atoms in total. The Morgan fingerprint density at radius 2 is 1.77 bits per heavy atom. The van der Waals surface area contributed by atoms with Crippen molar-refractivity contribution in [2.45, 2.75) is 24.9 Å². The van der Waals surface area contributed by atoms with Crippen LogP contribution in [0.1, 0.15) is 40.0 Å². The van der Waals surface area contributed by atoms with Gasteiger partial charge < -0.3 is 16.4 Å². The molecule has 9 heteroatoms. The highest BCUT2D eigenvalue weighted by molar-refractivity contribution is 5.95. The Kier molecular flexibility index (Phi) is 5.09. The summed E-state index contributed by atoms with van der Waals surface area (Å²) < 4.78 is 14.2. The molecule has 1 fully saturated rings. The largest absolute Gasteiger partial charge is 0.366 e. The van der Waals surface area contributed by atoms with Crippen molar-refractivity contribution in [2.24, 2.45) is 5.73 Å². The summed E-state index contributed by atoms with van der Waals surface area (Å²) in [5.41, 5.74) is 5.75. The summed E-state index contributed by atoms with van der Waals surface area (Å²) in [5.74, 6) is -0.950. The van der Waals surface area contributed by atoms with Gasteiger partial charge in [0.05, 0.1) is 5.69 Å². The van der Waals surface area contributed by atoms with Crippen molar-refractivity contribution in [3.05, 3.63) is 71.8 Å². The standard InChI is InChI=1S/C21H19FN6O2/c22-16-3-2-14(19(23)29)12-15(16)17-4-5-18(28-27-17)25-21(8-1-9-21)26-20(30)13-6-10-24-11-7-13/h2-7,10-12H,1,8-9H2,(H2,23,29)(H,25,28)(H,26,30). The van der Waals surface area contributed by atoms with Gasteiger partial charge in [-0.05, 0) is 61.7 Å². The number of nitrogens with two attached hydrogens (primary N) is 1. The number of nitrogens with one attached hydrogen (secondary N) is 2. The third-order valence-corrected chi connectivity index (χ3v) is 5.06. The van der Waals surface area contributed by atoms with Crippen LogP contribution >= 0.6 is 0 Å². The summed E-state index contributed by atoms with van der Waals surface area (Å²) in [6, 6.07) is 10.4. The van der Waals surface area contributed by atoms with Gasteiger partial charge in [-0.3, -0.25) is 14.6 Å². The molecule has 1 saturated carbocycles. The van der Waals surface area contributed by atoms with Gasteiger partial charge in [-0.15, -0.1) is 10.2 Å². The topological polar surface area (TPSA) is 123 Å². The monoisotopic (exact) mass is 406 g/mol. The first-order valence-electron chi connectivity index (χ1n) is 9.40. The molecule has 0 atom stereocenters. The molecule has 2 aromatic heterocycles. The van der Waals surface area contributed by atoms with Crippen LogP contribution in [0.2, 0.25) is 0 Å². The summed E-state index contributed by atoms with van der Waals surface area (Å²) in [6.07, 6.45) is 5.56.